The first-order valence-corrected chi connectivity index (χ1v) is 9.15. The molecular weight excluding hydrogens is 242 g/mol. The summed E-state index contributed by atoms with van der Waals surface area (Å²) in [6.45, 7) is 9.41. The Morgan fingerprint density at radius 3 is 1.69 bits per heavy atom. The van der Waals surface area contributed by atoms with E-state index in [1.807, 2.05) is 0 Å². The van der Waals surface area contributed by atoms with Crippen LogP contribution < -0.4 is 0 Å². The van der Waals surface area contributed by atoms with Crippen molar-refractivity contribution in [2.24, 2.45) is 0 Å². The standard InChI is InChI=1S/C11H19PSe/c1-9(2)12(13,10(3)4)11-7-5-6-8-11/h5-11H,1-4H3. The molecule has 0 atom stereocenters. The summed E-state index contributed by atoms with van der Waals surface area (Å²) in [6, 6.07) is 0. The molecular formula is C11H19PSe. The molecule has 1 aliphatic carbocycles. The second-order valence-corrected chi connectivity index (χ2v) is 12.4. The summed E-state index contributed by atoms with van der Waals surface area (Å²) in [5.41, 5.74) is 1.29. The Balaban J connectivity index is 2.98. The Morgan fingerprint density at radius 1 is 1.00 bits per heavy atom. The van der Waals surface area contributed by atoms with Gasteiger partial charge in [-0.05, 0) is 0 Å². The van der Waals surface area contributed by atoms with Crippen LogP contribution in [0.4, 0.5) is 0 Å². The van der Waals surface area contributed by atoms with E-state index in [1.165, 1.54) is 0 Å². The summed E-state index contributed by atoms with van der Waals surface area (Å²) in [7, 11) is 0. The molecule has 0 saturated heterocycles. The van der Waals surface area contributed by atoms with Gasteiger partial charge in [-0.1, -0.05) is 0 Å². The van der Waals surface area contributed by atoms with E-state index in [9.17, 15) is 0 Å². The van der Waals surface area contributed by atoms with Crippen molar-refractivity contribution < 1.29 is 0 Å². The average molecular weight is 261 g/mol. The van der Waals surface area contributed by atoms with E-state index in [2.05, 4.69) is 67.1 Å². The van der Waals surface area contributed by atoms with E-state index in [1.54, 1.807) is 0 Å². The molecule has 1 aliphatic rings. The molecule has 0 saturated carbocycles. The van der Waals surface area contributed by atoms with E-state index in [4.69, 9.17) is 0 Å². The first-order valence-electron chi connectivity index (χ1n) is 4.93. The van der Waals surface area contributed by atoms with Crippen molar-refractivity contribution >= 4 is 20.6 Å². The molecule has 0 amide bonds. The van der Waals surface area contributed by atoms with Crippen LogP contribution in [0.25, 0.3) is 0 Å². The quantitative estimate of drug-likeness (QED) is 0.539. The molecule has 0 heterocycles. The zero-order valence-corrected chi connectivity index (χ0v) is 11.5. The second-order valence-electron chi connectivity index (χ2n) is 4.21. The summed E-state index contributed by atoms with van der Waals surface area (Å²) < 4.78 is 0. The van der Waals surface area contributed by atoms with Crippen LogP contribution in [0.15, 0.2) is 24.3 Å². The first kappa shape index (κ1) is 11.5. The molecule has 0 radical (unpaired) electrons. The Labute approximate surface area is 89.7 Å². The van der Waals surface area contributed by atoms with Crippen LogP contribution in [0.2, 0.25) is 0 Å². The van der Waals surface area contributed by atoms with Gasteiger partial charge in [-0.2, -0.15) is 0 Å². The molecule has 0 fully saturated rings. The SMILES string of the molecule is CC(C)P(=[Se])(C(C)C)C1C=CC=C1. The van der Waals surface area contributed by atoms with Gasteiger partial charge in [-0.15, -0.1) is 0 Å². The first-order chi connectivity index (χ1) is 5.99. The van der Waals surface area contributed by atoms with Crippen LogP contribution in [-0.4, -0.2) is 32.1 Å². The zero-order chi connectivity index (χ0) is 10.1. The molecule has 1 rings (SSSR count). The summed E-state index contributed by atoms with van der Waals surface area (Å²) >= 11 is 3.54. The van der Waals surface area contributed by atoms with E-state index in [-0.39, 0.29) is 0 Å². The van der Waals surface area contributed by atoms with Gasteiger partial charge in [0, 0.05) is 0 Å². The Bertz CT molecular complexity index is 250. The van der Waals surface area contributed by atoms with E-state index >= 15 is 0 Å². The Hall–Kier alpha value is 0.429. The van der Waals surface area contributed by atoms with Gasteiger partial charge in [-0.25, -0.2) is 0 Å². The van der Waals surface area contributed by atoms with Gasteiger partial charge >= 0.3 is 89.6 Å². The summed E-state index contributed by atoms with van der Waals surface area (Å²) in [4.78, 5) is 0. The van der Waals surface area contributed by atoms with Crippen molar-refractivity contribution in [2.75, 3.05) is 0 Å². The molecule has 0 aromatic carbocycles. The van der Waals surface area contributed by atoms with Gasteiger partial charge in [0.25, 0.3) is 0 Å². The van der Waals surface area contributed by atoms with E-state index in [0.29, 0.717) is 5.66 Å². The van der Waals surface area contributed by atoms with Gasteiger partial charge < -0.3 is 0 Å². The minimum absolute atomic E-state index is 0.687. The molecule has 74 valence electrons. The number of allylic oxidation sites excluding steroid dienone is 4. The molecule has 0 aromatic rings. The minimum atomic E-state index is -0.959. The normalized spacial score (nSPS) is 18.0. The van der Waals surface area contributed by atoms with E-state index in [0.717, 1.165) is 11.3 Å². The topological polar surface area (TPSA) is 0 Å². The third-order valence-electron chi connectivity index (χ3n) is 2.81. The molecule has 0 spiro atoms. The summed E-state index contributed by atoms with van der Waals surface area (Å²) in [5.74, 6) is 0. The molecule has 0 aliphatic heterocycles. The van der Waals surface area contributed by atoms with Crippen LogP contribution in [-0.2, 0) is 0 Å². The fraction of sp³-hybridized carbons (Fsp3) is 0.636. The van der Waals surface area contributed by atoms with Gasteiger partial charge in [0.1, 0.15) is 0 Å². The molecule has 0 unspecified atom stereocenters. The third-order valence-corrected chi connectivity index (χ3v) is 14.2. The molecule has 13 heavy (non-hydrogen) atoms. The Kier molecular flexibility index (Phi) is 3.81. The fourth-order valence-corrected chi connectivity index (χ4v) is 6.17. The fourth-order valence-electron chi connectivity index (χ4n) is 1.97. The summed E-state index contributed by atoms with van der Waals surface area (Å²) in [6.07, 6.45) is 9.07. The van der Waals surface area contributed by atoms with E-state index < -0.39 is 5.51 Å². The van der Waals surface area contributed by atoms with Crippen LogP contribution in [0, 0.1) is 0 Å². The number of hydrogen-bond donors (Lipinski definition) is 0. The Morgan fingerprint density at radius 2 is 1.38 bits per heavy atom. The second kappa shape index (κ2) is 4.30. The molecule has 2 heteroatoms. The van der Waals surface area contributed by atoms with Gasteiger partial charge in [-0.3, -0.25) is 0 Å². The monoisotopic (exact) mass is 262 g/mol. The van der Waals surface area contributed by atoms with Gasteiger partial charge in [0.2, 0.25) is 0 Å². The van der Waals surface area contributed by atoms with Gasteiger partial charge in [0.05, 0.1) is 0 Å². The van der Waals surface area contributed by atoms with Crippen molar-refractivity contribution in [1.29, 1.82) is 0 Å². The van der Waals surface area contributed by atoms with Crippen LogP contribution in [0.5, 0.6) is 0 Å². The van der Waals surface area contributed by atoms with Crippen molar-refractivity contribution in [1.82, 2.24) is 0 Å². The molecule has 0 nitrogen and oxygen atoms in total. The zero-order valence-electron chi connectivity index (χ0n) is 8.90. The van der Waals surface area contributed by atoms with Gasteiger partial charge in [0.15, 0.2) is 0 Å². The molecule has 0 bridgehead atoms. The predicted molar refractivity (Wildman–Crippen MR) is 65.0 cm³/mol. The van der Waals surface area contributed by atoms with Crippen LogP contribution in [0.1, 0.15) is 27.7 Å². The maximum absolute atomic E-state index is 3.54. The van der Waals surface area contributed by atoms with Crippen LogP contribution >= 0.6 is 5.51 Å². The molecule has 0 aromatic heterocycles. The molecule has 0 N–H and O–H groups in total. The number of hydrogen-bond acceptors (Lipinski definition) is 0. The average Bonchev–Trinajstić information content (AvgIpc) is 2.54. The number of rotatable bonds is 3. The predicted octanol–water partition coefficient (Wildman–Crippen LogP) is 3.40. The van der Waals surface area contributed by atoms with Crippen molar-refractivity contribution in [2.45, 2.75) is 44.7 Å². The maximum atomic E-state index is 3.54. The van der Waals surface area contributed by atoms with Crippen molar-refractivity contribution in [3.8, 4) is 0 Å². The summed E-state index contributed by atoms with van der Waals surface area (Å²) in [5, 5.41) is 0. The van der Waals surface area contributed by atoms with Crippen molar-refractivity contribution in [3.05, 3.63) is 24.3 Å². The van der Waals surface area contributed by atoms with Crippen molar-refractivity contribution in [3.63, 3.8) is 0 Å². The van der Waals surface area contributed by atoms with Crippen LogP contribution in [0.3, 0.4) is 0 Å². The third kappa shape index (κ3) is 2.09.